The number of rotatable bonds is 8. The Morgan fingerprint density at radius 3 is 2.47 bits per heavy atom. The molecule has 0 heterocycles. The van der Waals surface area contributed by atoms with Crippen molar-refractivity contribution in [2.24, 2.45) is 16.6 Å². The van der Waals surface area contributed by atoms with Crippen LogP contribution in [0, 0.1) is 5.92 Å². The van der Waals surface area contributed by atoms with Crippen molar-refractivity contribution in [3.8, 4) is 0 Å². The molecule has 1 atom stereocenters. The third-order valence-corrected chi connectivity index (χ3v) is 4.05. The summed E-state index contributed by atoms with van der Waals surface area (Å²) in [7, 11) is 1.77. The van der Waals surface area contributed by atoms with Crippen molar-refractivity contribution < 1.29 is 4.74 Å². The molecule has 1 fully saturated rings. The smallest absolute Gasteiger partial charge is 0.188 e. The van der Waals surface area contributed by atoms with Crippen LogP contribution in [0.15, 0.2) is 4.99 Å². The predicted octanol–water partition coefficient (Wildman–Crippen LogP) is 2.67. The average Bonchev–Trinajstić information content (AvgIpc) is 2.27. The fourth-order valence-corrected chi connectivity index (χ4v) is 2.43. The van der Waals surface area contributed by atoms with Gasteiger partial charge < -0.3 is 15.8 Å². The van der Waals surface area contributed by atoms with Gasteiger partial charge in [0.2, 0.25) is 0 Å². The Morgan fingerprint density at radius 2 is 2.00 bits per heavy atom. The van der Waals surface area contributed by atoms with Crippen molar-refractivity contribution in [3.05, 3.63) is 0 Å². The van der Waals surface area contributed by atoms with E-state index in [1.807, 2.05) is 0 Å². The summed E-state index contributed by atoms with van der Waals surface area (Å²) < 4.78 is 5.53. The van der Waals surface area contributed by atoms with E-state index >= 15 is 0 Å². The van der Waals surface area contributed by atoms with E-state index in [0.29, 0.717) is 18.5 Å². The molecule has 1 saturated carbocycles. The molecule has 1 rings (SSSR count). The molecule has 0 aromatic rings. The molecule has 112 valence electrons. The normalized spacial score (nSPS) is 20.2. The molecular formula is C15H31N3O. The minimum Gasteiger partial charge on any atom is -0.376 e. The highest BCUT2D eigenvalue weighted by molar-refractivity contribution is 5.78. The molecule has 0 amide bonds. The maximum atomic E-state index is 5.93. The van der Waals surface area contributed by atoms with Crippen LogP contribution in [0.4, 0.5) is 0 Å². The predicted molar refractivity (Wildman–Crippen MR) is 81.4 cm³/mol. The third kappa shape index (κ3) is 5.81. The second-order valence-electron chi connectivity index (χ2n) is 6.31. The van der Waals surface area contributed by atoms with Crippen LogP contribution in [0.1, 0.15) is 59.3 Å². The molecule has 0 radical (unpaired) electrons. The van der Waals surface area contributed by atoms with Gasteiger partial charge in [0.05, 0.1) is 12.1 Å². The summed E-state index contributed by atoms with van der Waals surface area (Å²) in [6, 6.07) is 0.391. The van der Waals surface area contributed by atoms with Crippen molar-refractivity contribution in [3.63, 3.8) is 0 Å². The van der Waals surface area contributed by atoms with Crippen molar-refractivity contribution in [1.29, 1.82) is 0 Å². The molecule has 1 aliphatic carbocycles. The molecule has 0 bridgehead atoms. The minimum atomic E-state index is -0.0345. The Bertz CT molecular complexity index is 280. The van der Waals surface area contributed by atoms with Gasteiger partial charge >= 0.3 is 0 Å². The lowest BCUT2D eigenvalue weighted by atomic mass is 9.80. The molecule has 0 aromatic heterocycles. The quantitative estimate of drug-likeness (QED) is 0.526. The van der Waals surface area contributed by atoms with Crippen molar-refractivity contribution in [2.45, 2.75) is 70.9 Å². The fraction of sp³-hybridized carbons (Fsp3) is 0.933. The second kappa shape index (κ2) is 7.73. The van der Waals surface area contributed by atoms with Crippen LogP contribution in [0.25, 0.3) is 0 Å². The summed E-state index contributed by atoms with van der Waals surface area (Å²) in [5, 5.41) is 3.27. The highest BCUT2D eigenvalue weighted by atomic mass is 16.5. The second-order valence-corrected chi connectivity index (χ2v) is 6.31. The highest BCUT2D eigenvalue weighted by Crippen LogP contribution is 2.35. The summed E-state index contributed by atoms with van der Waals surface area (Å²) in [5.41, 5.74) is 5.90. The van der Waals surface area contributed by atoms with Crippen molar-refractivity contribution in [2.75, 3.05) is 13.7 Å². The van der Waals surface area contributed by atoms with E-state index in [1.54, 1.807) is 7.11 Å². The van der Waals surface area contributed by atoms with E-state index in [2.05, 4.69) is 31.1 Å². The Hall–Kier alpha value is -0.770. The molecule has 4 nitrogen and oxygen atoms in total. The van der Waals surface area contributed by atoms with Gasteiger partial charge in [0.25, 0.3) is 0 Å². The van der Waals surface area contributed by atoms with E-state index in [-0.39, 0.29) is 5.60 Å². The molecular weight excluding hydrogens is 238 g/mol. The first-order valence-electron chi connectivity index (χ1n) is 7.59. The van der Waals surface area contributed by atoms with Crippen LogP contribution >= 0.6 is 0 Å². The van der Waals surface area contributed by atoms with Gasteiger partial charge in [0.15, 0.2) is 5.96 Å². The monoisotopic (exact) mass is 269 g/mol. The van der Waals surface area contributed by atoms with E-state index in [9.17, 15) is 0 Å². The van der Waals surface area contributed by atoms with Crippen LogP contribution in [-0.2, 0) is 4.74 Å². The maximum absolute atomic E-state index is 5.93. The van der Waals surface area contributed by atoms with Gasteiger partial charge in [-0.2, -0.15) is 0 Å². The van der Waals surface area contributed by atoms with Gasteiger partial charge in [0.1, 0.15) is 0 Å². The Kier molecular flexibility index (Phi) is 6.63. The number of hydrogen-bond donors (Lipinski definition) is 2. The first-order valence-corrected chi connectivity index (χ1v) is 7.59. The van der Waals surface area contributed by atoms with Gasteiger partial charge in [-0.3, -0.25) is 4.99 Å². The minimum absolute atomic E-state index is 0.0345. The topological polar surface area (TPSA) is 59.6 Å². The third-order valence-electron chi connectivity index (χ3n) is 4.05. The van der Waals surface area contributed by atoms with E-state index in [1.165, 1.54) is 19.3 Å². The number of nitrogens with zero attached hydrogens (tertiary/aromatic N) is 1. The molecule has 0 aliphatic heterocycles. The maximum Gasteiger partial charge on any atom is 0.188 e. The molecule has 19 heavy (non-hydrogen) atoms. The van der Waals surface area contributed by atoms with E-state index < -0.39 is 0 Å². The van der Waals surface area contributed by atoms with Crippen LogP contribution in [0.5, 0.6) is 0 Å². The zero-order valence-electron chi connectivity index (χ0n) is 13.0. The van der Waals surface area contributed by atoms with Crippen LogP contribution in [-0.4, -0.2) is 31.3 Å². The summed E-state index contributed by atoms with van der Waals surface area (Å²) in [6.45, 7) is 7.37. The lowest BCUT2D eigenvalue weighted by molar-refractivity contribution is -0.0630. The van der Waals surface area contributed by atoms with Crippen molar-refractivity contribution >= 4 is 5.96 Å². The zero-order chi connectivity index (χ0) is 14.3. The Morgan fingerprint density at radius 1 is 1.32 bits per heavy atom. The van der Waals surface area contributed by atoms with Crippen LogP contribution in [0.2, 0.25) is 0 Å². The van der Waals surface area contributed by atoms with Gasteiger partial charge in [-0.1, -0.05) is 26.7 Å². The number of nitrogens with two attached hydrogens (primary N) is 1. The molecule has 0 saturated heterocycles. The zero-order valence-corrected chi connectivity index (χ0v) is 13.0. The largest absolute Gasteiger partial charge is 0.376 e. The number of hydrogen-bond acceptors (Lipinski definition) is 2. The number of guanidine groups is 1. The van der Waals surface area contributed by atoms with E-state index in [0.717, 1.165) is 25.2 Å². The number of aliphatic imine (C=N–C) groups is 1. The summed E-state index contributed by atoms with van der Waals surface area (Å²) in [4.78, 5) is 4.43. The first kappa shape index (κ1) is 16.3. The highest BCUT2D eigenvalue weighted by Gasteiger charge is 2.36. The molecule has 1 aliphatic rings. The lowest BCUT2D eigenvalue weighted by Gasteiger charge is -2.39. The summed E-state index contributed by atoms with van der Waals surface area (Å²) in [6.07, 6.45) is 7.09. The lowest BCUT2D eigenvalue weighted by Crippen LogP contribution is -2.44. The molecule has 3 N–H and O–H groups in total. The van der Waals surface area contributed by atoms with Gasteiger partial charge in [-0.15, -0.1) is 0 Å². The fourth-order valence-electron chi connectivity index (χ4n) is 2.43. The summed E-state index contributed by atoms with van der Waals surface area (Å²) in [5.74, 6) is 1.33. The number of nitrogens with one attached hydrogen (secondary N) is 1. The van der Waals surface area contributed by atoms with Gasteiger partial charge in [-0.25, -0.2) is 0 Å². The van der Waals surface area contributed by atoms with Crippen LogP contribution in [0.3, 0.4) is 0 Å². The first-order chi connectivity index (χ1) is 8.97. The molecule has 1 unspecified atom stereocenters. The SMILES string of the molecule is COC1(CN=C(N)NC(C)CCCC(C)C)CCC1. The Balaban J connectivity index is 2.23. The molecule has 0 aromatic carbocycles. The average molecular weight is 269 g/mol. The number of ether oxygens (including phenoxy) is 1. The van der Waals surface area contributed by atoms with Crippen molar-refractivity contribution in [1.82, 2.24) is 5.32 Å². The summed E-state index contributed by atoms with van der Waals surface area (Å²) >= 11 is 0. The van der Waals surface area contributed by atoms with Gasteiger partial charge in [0, 0.05) is 13.2 Å². The number of methoxy groups -OCH3 is 1. The van der Waals surface area contributed by atoms with Crippen LogP contribution < -0.4 is 11.1 Å². The standard InChI is InChI=1S/C15H31N3O/c1-12(2)7-5-8-13(3)18-14(16)17-11-15(19-4)9-6-10-15/h12-13H,5-11H2,1-4H3,(H3,16,17,18). The molecule has 4 heteroatoms. The molecule has 0 spiro atoms. The van der Waals surface area contributed by atoms with Gasteiger partial charge in [-0.05, 0) is 38.5 Å². The van der Waals surface area contributed by atoms with E-state index in [4.69, 9.17) is 10.5 Å². The Labute approximate surface area is 118 Å².